The Bertz CT molecular complexity index is 893. The summed E-state index contributed by atoms with van der Waals surface area (Å²) in [4.78, 5) is 0.331. The molecule has 0 unspecified atom stereocenters. The van der Waals surface area contributed by atoms with Crippen molar-refractivity contribution in [2.75, 3.05) is 6.54 Å². The molecule has 0 bridgehead atoms. The van der Waals surface area contributed by atoms with Crippen LogP contribution in [0.25, 0.3) is 0 Å². The summed E-state index contributed by atoms with van der Waals surface area (Å²) < 4.78 is 29.7. The van der Waals surface area contributed by atoms with Gasteiger partial charge in [0.1, 0.15) is 0 Å². The molecule has 4 rings (SSSR count). The second kappa shape index (κ2) is 6.25. The first-order valence-corrected chi connectivity index (χ1v) is 10.6. The quantitative estimate of drug-likeness (QED) is 0.825. The second-order valence-electron chi connectivity index (χ2n) is 7.41. The molecule has 2 aliphatic rings. The van der Waals surface area contributed by atoms with Crippen LogP contribution >= 0.6 is 0 Å². The number of hydrogen-bond donors (Lipinski definition) is 1. The fraction of sp³-hybridized carbons (Fsp3) is 0.526. The van der Waals surface area contributed by atoms with Gasteiger partial charge < -0.3 is 0 Å². The third kappa shape index (κ3) is 3.65. The minimum Gasteiger partial charge on any atom is -0.268 e. The van der Waals surface area contributed by atoms with Gasteiger partial charge in [-0.2, -0.15) is 5.10 Å². The molecule has 0 amide bonds. The molecule has 2 aromatic rings. The molecule has 1 N–H and O–H groups in total. The standard InChI is InChI=1S/C19H25N3O2S/c1-13-3-8-17(11-14(13)2)25(23,24)20-9-10-22-19(16-6-7-16)12-18(21-22)15-4-5-15/h3,8,11-12,15-16,20H,4-7,9-10H2,1-2H3. The Morgan fingerprint density at radius 1 is 1.08 bits per heavy atom. The minimum atomic E-state index is -3.48. The summed E-state index contributed by atoms with van der Waals surface area (Å²) in [6, 6.07) is 7.49. The van der Waals surface area contributed by atoms with Crippen LogP contribution in [0.4, 0.5) is 0 Å². The van der Waals surface area contributed by atoms with Crippen molar-refractivity contribution in [2.24, 2.45) is 0 Å². The van der Waals surface area contributed by atoms with Gasteiger partial charge in [0.25, 0.3) is 0 Å². The molecular weight excluding hydrogens is 334 g/mol. The van der Waals surface area contributed by atoms with E-state index in [2.05, 4.69) is 10.8 Å². The highest BCUT2D eigenvalue weighted by atomic mass is 32.2. The van der Waals surface area contributed by atoms with Crippen LogP contribution in [0.1, 0.15) is 60.0 Å². The zero-order chi connectivity index (χ0) is 17.6. The van der Waals surface area contributed by atoms with Crippen LogP contribution in [-0.2, 0) is 16.6 Å². The second-order valence-corrected chi connectivity index (χ2v) is 9.18. The Morgan fingerprint density at radius 2 is 1.80 bits per heavy atom. The lowest BCUT2D eigenvalue weighted by Crippen LogP contribution is -2.28. The van der Waals surface area contributed by atoms with E-state index in [9.17, 15) is 8.42 Å². The molecule has 1 aromatic carbocycles. The summed E-state index contributed by atoms with van der Waals surface area (Å²) in [5.41, 5.74) is 4.56. The molecule has 2 saturated carbocycles. The molecular formula is C19H25N3O2S. The number of nitrogens with zero attached hydrogens (tertiary/aromatic N) is 2. The smallest absolute Gasteiger partial charge is 0.240 e. The van der Waals surface area contributed by atoms with Crippen LogP contribution in [0.3, 0.4) is 0 Å². The van der Waals surface area contributed by atoms with Gasteiger partial charge in [0.2, 0.25) is 10.0 Å². The fourth-order valence-corrected chi connectivity index (χ4v) is 4.27. The van der Waals surface area contributed by atoms with Gasteiger partial charge in [-0.05, 0) is 68.9 Å². The van der Waals surface area contributed by atoms with Gasteiger partial charge >= 0.3 is 0 Å². The number of benzene rings is 1. The van der Waals surface area contributed by atoms with E-state index in [4.69, 9.17) is 5.10 Å². The third-order valence-corrected chi connectivity index (χ3v) is 6.68. The highest BCUT2D eigenvalue weighted by Crippen LogP contribution is 2.44. The van der Waals surface area contributed by atoms with E-state index in [0.717, 1.165) is 11.1 Å². The van der Waals surface area contributed by atoms with Gasteiger partial charge in [-0.15, -0.1) is 0 Å². The predicted molar refractivity (Wildman–Crippen MR) is 97.3 cm³/mol. The van der Waals surface area contributed by atoms with E-state index in [-0.39, 0.29) is 0 Å². The zero-order valence-corrected chi connectivity index (χ0v) is 15.6. The monoisotopic (exact) mass is 359 g/mol. The summed E-state index contributed by atoms with van der Waals surface area (Å²) in [6.07, 6.45) is 4.93. The Kier molecular flexibility index (Phi) is 4.20. The van der Waals surface area contributed by atoms with Gasteiger partial charge in [0.05, 0.1) is 17.1 Å². The lowest BCUT2D eigenvalue weighted by Gasteiger charge is -2.10. The van der Waals surface area contributed by atoms with Gasteiger partial charge in [-0.3, -0.25) is 4.68 Å². The van der Waals surface area contributed by atoms with Gasteiger partial charge in [-0.1, -0.05) is 6.07 Å². The first kappa shape index (κ1) is 16.8. The largest absolute Gasteiger partial charge is 0.268 e. The predicted octanol–water partition coefficient (Wildman–Crippen LogP) is 3.23. The Balaban J connectivity index is 1.44. The Labute approximate surface area is 149 Å². The molecule has 134 valence electrons. The van der Waals surface area contributed by atoms with Crippen LogP contribution in [0.2, 0.25) is 0 Å². The lowest BCUT2D eigenvalue weighted by atomic mass is 10.1. The maximum Gasteiger partial charge on any atom is 0.240 e. The molecule has 1 heterocycles. The molecule has 5 nitrogen and oxygen atoms in total. The molecule has 0 aliphatic heterocycles. The van der Waals surface area contributed by atoms with Crippen LogP contribution in [0, 0.1) is 13.8 Å². The van der Waals surface area contributed by atoms with E-state index in [1.807, 2.05) is 24.6 Å². The molecule has 0 atom stereocenters. The van der Waals surface area contributed by atoms with E-state index in [1.165, 1.54) is 37.1 Å². The van der Waals surface area contributed by atoms with Gasteiger partial charge in [0.15, 0.2) is 0 Å². The molecule has 6 heteroatoms. The summed E-state index contributed by atoms with van der Waals surface area (Å²) in [7, 11) is -3.48. The average Bonchev–Trinajstić information content (AvgIpc) is 3.48. The van der Waals surface area contributed by atoms with Crippen molar-refractivity contribution < 1.29 is 8.42 Å². The number of aryl methyl sites for hydroxylation is 2. The van der Waals surface area contributed by atoms with Crippen molar-refractivity contribution in [3.8, 4) is 0 Å². The van der Waals surface area contributed by atoms with E-state index in [1.54, 1.807) is 12.1 Å². The highest BCUT2D eigenvalue weighted by molar-refractivity contribution is 7.89. The topological polar surface area (TPSA) is 64.0 Å². The van der Waals surface area contributed by atoms with E-state index >= 15 is 0 Å². The summed E-state index contributed by atoms with van der Waals surface area (Å²) in [5, 5.41) is 4.73. The molecule has 0 radical (unpaired) electrons. The Morgan fingerprint density at radius 3 is 2.44 bits per heavy atom. The maximum atomic E-state index is 12.5. The maximum absolute atomic E-state index is 12.5. The van der Waals surface area contributed by atoms with Crippen molar-refractivity contribution in [3.63, 3.8) is 0 Å². The number of aromatic nitrogens is 2. The van der Waals surface area contributed by atoms with Gasteiger partial charge in [0, 0.05) is 24.1 Å². The molecule has 0 saturated heterocycles. The first-order valence-electron chi connectivity index (χ1n) is 9.08. The normalized spacial score (nSPS) is 17.8. The number of rotatable bonds is 7. The summed E-state index contributed by atoms with van der Waals surface area (Å²) in [5.74, 6) is 1.25. The molecule has 2 fully saturated rings. The zero-order valence-electron chi connectivity index (χ0n) is 14.8. The van der Waals surface area contributed by atoms with Crippen LogP contribution in [0.15, 0.2) is 29.2 Å². The van der Waals surface area contributed by atoms with E-state index < -0.39 is 10.0 Å². The number of sulfonamides is 1. The van der Waals surface area contributed by atoms with Gasteiger partial charge in [-0.25, -0.2) is 13.1 Å². The van der Waals surface area contributed by atoms with Crippen molar-refractivity contribution in [2.45, 2.75) is 62.8 Å². The SMILES string of the molecule is Cc1ccc(S(=O)(=O)NCCn2nc(C3CC3)cc2C2CC2)cc1C. The highest BCUT2D eigenvalue weighted by Gasteiger charge is 2.32. The van der Waals surface area contributed by atoms with Crippen molar-refractivity contribution in [1.29, 1.82) is 0 Å². The van der Waals surface area contributed by atoms with Crippen molar-refractivity contribution in [3.05, 3.63) is 46.8 Å². The number of nitrogens with one attached hydrogen (secondary N) is 1. The average molecular weight is 359 g/mol. The van der Waals surface area contributed by atoms with Crippen LogP contribution in [0.5, 0.6) is 0 Å². The summed E-state index contributed by atoms with van der Waals surface area (Å²) >= 11 is 0. The van der Waals surface area contributed by atoms with Crippen LogP contribution in [-0.4, -0.2) is 24.7 Å². The molecule has 2 aliphatic carbocycles. The first-order chi connectivity index (χ1) is 11.9. The molecule has 1 aromatic heterocycles. The molecule has 0 spiro atoms. The Hall–Kier alpha value is -1.66. The summed E-state index contributed by atoms with van der Waals surface area (Å²) in [6.45, 7) is 4.86. The third-order valence-electron chi connectivity index (χ3n) is 5.23. The van der Waals surface area contributed by atoms with Crippen molar-refractivity contribution in [1.82, 2.24) is 14.5 Å². The lowest BCUT2D eigenvalue weighted by molar-refractivity contribution is 0.548. The molecule has 25 heavy (non-hydrogen) atoms. The van der Waals surface area contributed by atoms with Crippen molar-refractivity contribution >= 4 is 10.0 Å². The number of hydrogen-bond acceptors (Lipinski definition) is 3. The fourth-order valence-electron chi connectivity index (χ4n) is 3.17. The minimum absolute atomic E-state index is 0.331. The van der Waals surface area contributed by atoms with E-state index in [0.29, 0.717) is 29.8 Å². The van der Waals surface area contributed by atoms with Crippen LogP contribution < -0.4 is 4.72 Å².